The van der Waals surface area contributed by atoms with E-state index in [0.717, 1.165) is 4.88 Å². The highest BCUT2D eigenvalue weighted by Crippen LogP contribution is 2.49. The van der Waals surface area contributed by atoms with Gasteiger partial charge in [0.25, 0.3) is 17.1 Å². The average molecular weight is 412 g/mol. The van der Waals surface area contributed by atoms with Gasteiger partial charge in [0, 0.05) is 12.1 Å². The molecule has 2 N–H and O–H groups in total. The van der Waals surface area contributed by atoms with E-state index >= 15 is 0 Å². The van der Waals surface area contributed by atoms with E-state index in [1.54, 1.807) is 12.1 Å². The van der Waals surface area contributed by atoms with Crippen molar-refractivity contribution < 1.29 is 19.3 Å². The monoisotopic (exact) mass is 412 g/mol. The van der Waals surface area contributed by atoms with E-state index in [4.69, 9.17) is 9.47 Å². The van der Waals surface area contributed by atoms with E-state index < -0.39 is 21.8 Å². The van der Waals surface area contributed by atoms with E-state index in [9.17, 15) is 20.2 Å². The van der Waals surface area contributed by atoms with Crippen LogP contribution >= 0.6 is 11.3 Å². The molecule has 2 unspecified atom stereocenters. The normalized spacial score (nSPS) is 21.2. The number of nitro groups is 2. The summed E-state index contributed by atoms with van der Waals surface area (Å²) in [6, 6.07) is 12.3. The van der Waals surface area contributed by atoms with Crippen LogP contribution in [0, 0.1) is 20.2 Å². The van der Waals surface area contributed by atoms with Gasteiger partial charge in [-0.15, -0.1) is 11.3 Å². The summed E-state index contributed by atoms with van der Waals surface area (Å²) in [6.07, 6.45) is -0.774. The minimum atomic E-state index is -1.21. The Morgan fingerprint density at radius 1 is 0.966 bits per heavy atom. The van der Waals surface area contributed by atoms with Gasteiger partial charge in [-0.05, 0) is 23.6 Å². The van der Waals surface area contributed by atoms with Crippen molar-refractivity contribution in [3.05, 3.63) is 79.0 Å². The Morgan fingerprint density at radius 2 is 1.66 bits per heavy atom. The Bertz CT molecular complexity index is 1150. The van der Waals surface area contributed by atoms with Crippen LogP contribution in [0.15, 0.2) is 53.9 Å². The second-order valence-electron chi connectivity index (χ2n) is 6.46. The summed E-state index contributed by atoms with van der Waals surface area (Å²) >= 11 is 1.42. The lowest BCUT2D eigenvalue weighted by Crippen LogP contribution is -2.52. The standard InChI is InChI=1S/C18H12N4O6S/c23-21(24)10-3-5-12-14(8-10)27-17(19-12)18(16-2-1-7-29-16)20-13-6-4-11(22(25)26)9-15(13)28-18/h1-9,17,19-20H. The van der Waals surface area contributed by atoms with Crippen molar-refractivity contribution in [2.24, 2.45) is 0 Å². The lowest BCUT2D eigenvalue weighted by atomic mass is 10.1. The van der Waals surface area contributed by atoms with Gasteiger partial charge in [0.15, 0.2) is 11.5 Å². The minimum Gasteiger partial charge on any atom is -0.461 e. The summed E-state index contributed by atoms with van der Waals surface area (Å²) in [7, 11) is 0. The molecule has 146 valence electrons. The van der Waals surface area contributed by atoms with E-state index in [1.807, 2.05) is 17.5 Å². The Balaban J connectivity index is 1.54. The highest BCUT2D eigenvalue weighted by Gasteiger charge is 2.53. The van der Waals surface area contributed by atoms with Crippen LogP contribution in [0.3, 0.4) is 0 Å². The first-order valence-electron chi connectivity index (χ1n) is 8.47. The molecule has 3 aromatic rings. The maximum absolute atomic E-state index is 11.1. The van der Waals surface area contributed by atoms with Crippen molar-refractivity contribution in [1.29, 1.82) is 0 Å². The van der Waals surface area contributed by atoms with Gasteiger partial charge < -0.3 is 20.1 Å². The van der Waals surface area contributed by atoms with Gasteiger partial charge in [-0.25, -0.2) is 0 Å². The van der Waals surface area contributed by atoms with Crippen molar-refractivity contribution in [2.75, 3.05) is 10.6 Å². The molecule has 2 atom stereocenters. The minimum absolute atomic E-state index is 0.0874. The van der Waals surface area contributed by atoms with Gasteiger partial charge in [0.1, 0.15) is 0 Å². The number of fused-ring (bicyclic) bond motifs is 2. The quantitative estimate of drug-likeness (QED) is 0.485. The smallest absolute Gasteiger partial charge is 0.273 e. The number of nitrogens with zero attached hydrogens (tertiary/aromatic N) is 2. The summed E-state index contributed by atoms with van der Waals surface area (Å²) in [4.78, 5) is 22.0. The van der Waals surface area contributed by atoms with Crippen LogP contribution in [0.25, 0.3) is 0 Å². The van der Waals surface area contributed by atoms with E-state index in [1.165, 1.54) is 35.6 Å². The van der Waals surface area contributed by atoms with Crippen molar-refractivity contribution >= 4 is 34.1 Å². The van der Waals surface area contributed by atoms with Gasteiger partial charge in [-0.2, -0.15) is 0 Å². The number of nitro benzene ring substituents is 2. The maximum atomic E-state index is 11.1. The number of ether oxygens (including phenoxy) is 2. The molecule has 2 aliphatic rings. The molecule has 2 aromatic carbocycles. The van der Waals surface area contributed by atoms with Crippen molar-refractivity contribution in [1.82, 2.24) is 0 Å². The van der Waals surface area contributed by atoms with E-state index in [2.05, 4.69) is 10.6 Å². The zero-order valence-electron chi connectivity index (χ0n) is 14.5. The van der Waals surface area contributed by atoms with Crippen LogP contribution in [0.5, 0.6) is 11.5 Å². The SMILES string of the molecule is O=[N+]([O-])c1ccc2c(c1)OC(C1(c3cccs3)Nc3ccc([N+](=O)[O-])cc3O1)N2. The van der Waals surface area contributed by atoms with Crippen molar-refractivity contribution in [2.45, 2.75) is 12.0 Å². The zero-order valence-corrected chi connectivity index (χ0v) is 15.3. The van der Waals surface area contributed by atoms with E-state index in [-0.39, 0.29) is 11.4 Å². The van der Waals surface area contributed by atoms with Crippen LogP contribution in [0.4, 0.5) is 22.7 Å². The van der Waals surface area contributed by atoms with Crippen LogP contribution < -0.4 is 20.1 Å². The number of hydrogen-bond donors (Lipinski definition) is 2. The summed E-state index contributed by atoms with van der Waals surface area (Å²) in [5.41, 5.74) is -0.220. The van der Waals surface area contributed by atoms with Gasteiger partial charge in [-0.1, -0.05) is 6.07 Å². The third-order valence-electron chi connectivity index (χ3n) is 4.73. The fourth-order valence-electron chi connectivity index (χ4n) is 3.38. The molecular formula is C18H12N4O6S. The predicted molar refractivity (Wildman–Crippen MR) is 104 cm³/mol. The Kier molecular flexibility index (Phi) is 3.61. The molecule has 10 nitrogen and oxygen atoms in total. The number of non-ortho nitro benzene ring substituents is 2. The van der Waals surface area contributed by atoms with Crippen LogP contribution in [-0.4, -0.2) is 16.1 Å². The molecule has 0 fully saturated rings. The molecule has 1 aromatic heterocycles. The molecule has 0 aliphatic carbocycles. The highest BCUT2D eigenvalue weighted by molar-refractivity contribution is 7.10. The molecule has 0 radical (unpaired) electrons. The molecule has 11 heteroatoms. The molecule has 29 heavy (non-hydrogen) atoms. The first-order valence-corrected chi connectivity index (χ1v) is 9.35. The third kappa shape index (κ3) is 2.63. The number of hydrogen-bond acceptors (Lipinski definition) is 9. The molecule has 5 rings (SSSR count). The Morgan fingerprint density at radius 3 is 2.31 bits per heavy atom. The number of rotatable bonds is 4. The Hall–Kier alpha value is -3.86. The largest absolute Gasteiger partial charge is 0.461 e. The molecule has 0 saturated carbocycles. The second-order valence-corrected chi connectivity index (χ2v) is 7.41. The van der Waals surface area contributed by atoms with Crippen LogP contribution in [0.1, 0.15) is 4.88 Å². The fourth-order valence-corrected chi connectivity index (χ4v) is 4.22. The summed E-state index contributed by atoms with van der Waals surface area (Å²) in [6.45, 7) is 0. The topological polar surface area (TPSA) is 129 Å². The average Bonchev–Trinajstić information content (AvgIpc) is 3.43. The molecule has 3 heterocycles. The predicted octanol–water partition coefficient (Wildman–Crippen LogP) is 4.05. The number of nitrogens with one attached hydrogen (secondary N) is 2. The van der Waals surface area contributed by atoms with Crippen molar-refractivity contribution in [3.8, 4) is 11.5 Å². The Labute approximate surface area is 167 Å². The van der Waals surface area contributed by atoms with Crippen molar-refractivity contribution in [3.63, 3.8) is 0 Å². The molecular weight excluding hydrogens is 400 g/mol. The highest BCUT2D eigenvalue weighted by atomic mass is 32.1. The van der Waals surface area contributed by atoms with Gasteiger partial charge in [0.05, 0.1) is 38.2 Å². The third-order valence-corrected chi connectivity index (χ3v) is 5.72. The fraction of sp³-hybridized carbons (Fsp3) is 0.111. The molecule has 2 aliphatic heterocycles. The van der Waals surface area contributed by atoms with E-state index in [0.29, 0.717) is 22.9 Å². The molecule has 0 saturated heterocycles. The number of anilines is 2. The van der Waals surface area contributed by atoms with Crippen LogP contribution in [-0.2, 0) is 5.72 Å². The van der Waals surface area contributed by atoms with Crippen LogP contribution in [0.2, 0.25) is 0 Å². The lowest BCUT2D eigenvalue weighted by Gasteiger charge is -2.33. The number of benzene rings is 2. The van der Waals surface area contributed by atoms with Gasteiger partial charge in [0.2, 0.25) is 6.23 Å². The van der Waals surface area contributed by atoms with Gasteiger partial charge >= 0.3 is 0 Å². The van der Waals surface area contributed by atoms with Gasteiger partial charge in [-0.3, -0.25) is 20.2 Å². The lowest BCUT2D eigenvalue weighted by molar-refractivity contribution is -0.385. The molecule has 0 bridgehead atoms. The molecule has 0 amide bonds. The summed E-state index contributed by atoms with van der Waals surface area (Å²) in [5, 5.41) is 30.5. The zero-order chi connectivity index (χ0) is 20.2. The number of thiophene rings is 1. The first kappa shape index (κ1) is 17.3. The maximum Gasteiger partial charge on any atom is 0.273 e. The summed E-state index contributed by atoms with van der Waals surface area (Å²) in [5.74, 6) is 0.646. The second kappa shape index (κ2) is 6.07. The molecule has 0 spiro atoms. The summed E-state index contributed by atoms with van der Waals surface area (Å²) < 4.78 is 12.2. The first-order chi connectivity index (χ1) is 14.0.